The van der Waals surface area contributed by atoms with Crippen LogP contribution in [0.2, 0.25) is 0 Å². The third-order valence-corrected chi connectivity index (χ3v) is 5.45. The van der Waals surface area contributed by atoms with E-state index >= 15 is 0 Å². The molecule has 0 aliphatic carbocycles. The lowest BCUT2D eigenvalue weighted by atomic mass is 10.2. The van der Waals surface area contributed by atoms with Gasteiger partial charge in [-0.2, -0.15) is 0 Å². The fourth-order valence-corrected chi connectivity index (χ4v) is 3.81. The van der Waals surface area contributed by atoms with E-state index in [0.717, 1.165) is 64.4 Å². The van der Waals surface area contributed by atoms with E-state index in [4.69, 9.17) is 4.74 Å². The first kappa shape index (κ1) is 18.9. The maximum absolute atomic E-state index is 12.9. The van der Waals surface area contributed by atoms with Crippen LogP contribution in [0.25, 0.3) is 0 Å². The van der Waals surface area contributed by atoms with Crippen LogP contribution >= 0.6 is 0 Å². The van der Waals surface area contributed by atoms with Crippen molar-refractivity contribution < 1.29 is 9.53 Å². The van der Waals surface area contributed by atoms with Gasteiger partial charge in [-0.25, -0.2) is 0 Å². The maximum atomic E-state index is 12.9. The topological polar surface area (TPSA) is 57.7 Å². The zero-order valence-electron chi connectivity index (χ0n) is 16.2. The summed E-state index contributed by atoms with van der Waals surface area (Å²) in [7, 11) is 0. The lowest BCUT2D eigenvalue weighted by Crippen LogP contribution is -2.48. The van der Waals surface area contributed by atoms with E-state index in [9.17, 15) is 4.79 Å². The molecule has 0 saturated carbocycles. The number of aromatic nitrogens is 1. The second-order valence-electron chi connectivity index (χ2n) is 7.50. The molecule has 6 nitrogen and oxygen atoms in total. The van der Waals surface area contributed by atoms with E-state index in [-0.39, 0.29) is 12.0 Å². The van der Waals surface area contributed by atoms with Gasteiger partial charge in [-0.05, 0) is 30.5 Å². The Bertz CT molecular complexity index is 769. The van der Waals surface area contributed by atoms with Gasteiger partial charge in [0.2, 0.25) is 0 Å². The molecule has 2 fully saturated rings. The number of piperazine rings is 1. The number of amides is 1. The van der Waals surface area contributed by atoms with Gasteiger partial charge in [0.05, 0.1) is 6.10 Å². The zero-order chi connectivity index (χ0) is 19.2. The van der Waals surface area contributed by atoms with Crippen LogP contribution in [0.1, 0.15) is 28.9 Å². The summed E-state index contributed by atoms with van der Waals surface area (Å²) in [5.74, 6) is 0.0140. The smallest absolute Gasteiger partial charge is 0.272 e. The number of rotatable bonds is 6. The van der Waals surface area contributed by atoms with Gasteiger partial charge in [0.1, 0.15) is 5.69 Å². The average Bonchev–Trinajstić information content (AvgIpc) is 3.27. The highest BCUT2D eigenvalue weighted by Gasteiger charge is 2.23. The van der Waals surface area contributed by atoms with Crippen LogP contribution in [0.3, 0.4) is 0 Å². The monoisotopic (exact) mass is 380 g/mol. The lowest BCUT2D eigenvalue weighted by molar-refractivity contribution is 0.0623. The van der Waals surface area contributed by atoms with Crippen molar-refractivity contribution in [2.24, 2.45) is 0 Å². The van der Waals surface area contributed by atoms with Gasteiger partial charge in [-0.1, -0.05) is 30.3 Å². The number of nitrogens with zero attached hydrogens (tertiary/aromatic N) is 3. The van der Waals surface area contributed by atoms with Crippen LogP contribution < -0.4 is 5.32 Å². The fraction of sp³-hybridized carbons (Fsp3) is 0.455. The average molecular weight is 380 g/mol. The number of hydrogen-bond acceptors (Lipinski definition) is 5. The van der Waals surface area contributed by atoms with Gasteiger partial charge in [-0.15, -0.1) is 0 Å². The van der Waals surface area contributed by atoms with E-state index < -0.39 is 0 Å². The highest BCUT2D eigenvalue weighted by atomic mass is 16.5. The van der Waals surface area contributed by atoms with E-state index in [0.29, 0.717) is 5.69 Å². The molecule has 1 atom stereocenters. The van der Waals surface area contributed by atoms with Gasteiger partial charge in [0.15, 0.2) is 0 Å². The Hall–Kier alpha value is -2.44. The molecule has 4 rings (SSSR count). The number of hydrogen-bond donors (Lipinski definition) is 1. The van der Waals surface area contributed by atoms with Crippen molar-refractivity contribution in [2.75, 3.05) is 44.6 Å². The number of nitrogens with one attached hydrogen (secondary N) is 1. The molecule has 148 valence electrons. The maximum Gasteiger partial charge on any atom is 0.272 e. The predicted octanol–water partition coefficient (Wildman–Crippen LogP) is 2.63. The molecule has 2 aliphatic heterocycles. The van der Waals surface area contributed by atoms with Crippen molar-refractivity contribution in [3.63, 3.8) is 0 Å². The number of anilines is 1. The summed E-state index contributed by atoms with van der Waals surface area (Å²) >= 11 is 0. The first-order chi connectivity index (χ1) is 13.8. The Morgan fingerprint density at radius 3 is 2.71 bits per heavy atom. The normalized spacial score (nSPS) is 20.3. The molecule has 1 unspecified atom stereocenters. The summed E-state index contributed by atoms with van der Waals surface area (Å²) in [6, 6.07) is 14.2. The molecule has 28 heavy (non-hydrogen) atoms. The zero-order valence-corrected chi connectivity index (χ0v) is 16.2. The molecule has 1 amide bonds. The Labute approximate surface area is 166 Å². The summed E-state index contributed by atoms with van der Waals surface area (Å²) < 4.78 is 5.64. The quantitative estimate of drug-likeness (QED) is 0.835. The SMILES string of the molecule is O=C(c1cc(NCC2CCCO2)ccn1)N1CCN(Cc2ccccc2)CC1. The number of benzene rings is 1. The fourth-order valence-electron chi connectivity index (χ4n) is 3.81. The van der Waals surface area contributed by atoms with Crippen molar-refractivity contribution >= 4 is 11.6 Å². The molecule has 0 spiro atoms. The second kappa shape index (κ2) is 9.17. The largest absolute Gasteiger partial charge is 0.382 e. The minimum atomic E-state index is 0.0140. The van der Waals surface area contributed by atoms with Crippen LogP contribution in [-0.4, -0.2) is 66.1 Å². The Balaban J connectivity index is 1.29. The highest BCUT2D eigenvalue weighted by molar-refractivity contribution is 5.93. The molecule has 1 aromatic heterocycles. The molecule has 6 heteroatoms. The molecule has 1 N–H and O–H groups in total. The van der Waals surface area contributed by atoms with Gasteiger partial charge in [0, 0.05) is 57.8 Å². The van der Waals surface area contributed by atoms with E-state index in [1.54, 1.807) is 6.20 Å². The third-order valence-electron chi connectivity index (χ3n) is 5.45. The van der Waals surface area contributed by atoms with Crippen molar-refractivity contribution in [1.29, 1.82) is 0 Å². The molecule has 0 radical (unpaired) electrons. The first-order valence-electron chi connectivity index (χ1n) is 10.1. The molecule has 2 aliphatic rings. The Morgan fingerprint density at radius 2 is 1.96 bits per heavy atom. The molecule has 3 heterocycles. The summed E-state index contributed by atoms with van der Waals surface area (Å²) in [4.78, 5) is 21.5. The van der Waals surface area contributed by atoms with Crippen LogP contribution in [0.4, 0.5) is 5.69 Å². The van der Waals surface area contributed by atoms with Gasteiger partial charge < -0.3 is 15.0 Å². The van der Waals surface area contributed by atoms with Gasteiger partial charge in [0.25, 0.3) is 5.91 Å². The van der Waals surface area contributed by atoms with E-state index in [2.05, 4.69) is 39.5 Å². The molecule has 2 saturated heterocycles. The summed E-state index contributed by atoms with van der Waals surface area (Å²) in [6.45, 7) is 5.80. The van der Waals surface area contributed by atoms with E-state index in [1.165, 1.54) is 5.56 Å². The number of carbonyl (C=O) groups is 1. The van der Waals surface area contributed by atoms with Crippen LogP contribution in [0.5, 0.6) is 0 Å². The molecular formula is C22H28N4O2. The minimum Gasteiger partial charge on any atom is -0.382 e. The summed E-state index contributed by atoms with van der Waals surface area (Å²) in [5, 5.41) is 3.38. The molecule has 2 aromatic rings. The lowest BCUT2D eigenvalue weighted by Gasteiger charge is -2.34. The Morgan fingerprint density at radius 1 is 1.14 bits per heavy atom. The molecule has 0 bridgehead atoms. The van der Waals surface area contributed by atoms with Gasteiger partial charge in [-0.3, -0.25) is 14.7 Å². The summed E-state index contributed by atoms with van der Waals surface area (Å²) in [6.07, 6.45) is 4.20. The van der Waals surface area contributed by atoms with Crippen molar-refractivity contribution in [3.8, 4) is 0 Å². The highest BCUT2D eigenvalue weighted by Crippen LogP contribution is 2.16. The number of pyridine rings is 1. The standard InChI is InChI=1S/C22H28N4O2/c27-22(21-15-19(8-9-23-21)24-16-20-7-4-14-28-20)26-12-10-25(11-13-26)17-18-5-2-1-3-6-18/h1-3,5-6,8-9,15,20H,4,7,10-14,16-17H2,(H,23,24). The minimum absolute atomic E-state index is 0.0140. The second-order valence-corrected chi connectivity index (χ2v) is 7.50. The first-order valence-corrected chi connectivity index (χ1v) is 10.1. The van der Waals surface area contributed by atoms with Crippen molar-refractivity contribution in [1.82, 2.24) is 14.8 Å². The number of carbonyl (C=O) groups excluding carboxylic acids is 1. The number of ether oxygens (including phenoxy) is 1. The van der Waals surface area contributed by atoms with Crippen LogP contribution in [0, 0.1) is 0 Å². The third kappa shape index (κ3) is 4.88. The van der Waals surface area contributed by atoms with Crippen LogP contribution in [-0.2, 0) is 11.3 Å². The summed E-state index contributed by atoms with van der Waals surface area (Å²) in [5.41, 5.74) is 2.75. The van der Waals surface area contributed by atoms with Gasteiger partial charge >= 0.3 is 0 Å². The van der Waals surface area contributed by atoms with Crippen molar-refractivity contribution in [2.45, 2.75) is 25.5 Å². The Kier molecular flexibility index (Phi) is 6.19. The van der Waals surface area contributed by atoms with Crippen LogP contribution in [0.15, 0.2) is 48.7 Å². The molecule has 1 aromatic carbocycles. The van der Waals surface area contributed by atoms with Crippen molar-refractivity contribution in [3.05, 3.63) is 59.9 Å². The molecular weight excluding hydrogens is 352 g/mol. The van der Waals surface area contributed by atoms with E-state index in [1.807, 2.05) is 23.1 Å². The predicted molar refractivity (Wildman–Crippen MR) is 109 cm³/mol.